The van der Waals surface area contributed by atoms with E-state index in [0.717, 1.165) is 25.6 Å². The third kappa shape index (κ3) is 2.26. The Labute approximate surface area is 99.6 Å². The van der Waals surface area contributed by atoms with Crippen LogP contribution in [0.25, 0.3) is 0 Å². The highest BCUT2D eigenvalue weighted by molar-refractivity contribution is 6.28. The minimum Gasteiger partial charge on any atom is -0.351 e. The van der Waals surface area contributed by atoms with Crippen molar-refractivity contribution in [3.05, 3.63) is 17.3 Å². The van der Waals surface area contributed by atoms with E-state index >= 15 is 0 Å². The molecule has 3 nitrogen and oxygen atoms in total. The maximum atomic E-state index is 13.6. The first kappa shape index (κ1) is 11.6. The molecule has 0 spiro atoms. The van der Waals surface area contributed by atoms with Crippen LogP contribution in [0.4, 0.5) is 10.2 Å². The molecule has 0 saturated heterocycles. The second-order valence-electron chi connectivity index (χ2n) is 4.03. The fraction of sp³-hybridized carbons (Fsp3) is 0.636. The van der Waals surface area contributed by atoms with Crippen LogP contribution in [0.3, 0.4) is 0 Å². The first-order chi connectivity index (χ1) is 7.72. The van der Waals surface area contributed by atoms with Gasteiger partial charge in [-0.3, -0.25) is 0 Å². The van der Waals surface area contributed by atoms with E-state index in [9.17, 15) is 4.39 Å². The summed E-state index contributed by atoms with van der Waals surface area (Å²) in [7, 11) is 0. The Hall–Kier alpha value is -0.900. The third-order valence-corrected chi connectivity index (χ3v) is 3.26. The van der Waals surface area contributed by atoms with Gasteiger partial charge < -0.3 is 4.90 Å². The summed E-state index contributed by atoms with van der Waals surface area (Å²) >= 11 is 5.71. The molecule has 0 radical (unpaired) electrons. The van der Waals surface area contributed by atoms with Gasteiger partial charge in [-0.15, -0.1) is 0 Å². The predicted octanol–water partition coefficient (Wildman–Crippen LogP) is 3.04. The molecule has 1 aromatic heterocycles. The van der Waals surface area contributed by atoms with Gasteiger partial charge >= 0.3 is 0 Å². The van der Waals surface area contributed by atoms with Gasteiger partial charge in [-0.05, 0) is 31.4 Å². The van der Waals surface area contributed by atoms with Gasteiger partial charge in [-0.1, -0.05) is 12.8 Å². The zero-order valence-electron chi connectivity index (χ0n) is 9.29. The van der Waals surface area contributed by atoms with Crippen LogP contribution in [-0.2, 0) is 0 Å². The summed E-state index contributed by atoms with van der Waals surface area (Å²) in [4.78, 5) is 9.62. The van der Waals surface area contributed by atoms with Gasteiger partial charge in [-0.25, -0.2) is 9.37 Å². The first-order valence-corrected chi connectivity index (χ1v) is 6.05. The van der Waals surface area contributed by atoms with E-state index in [4.69, 9.17) is 11.6 Å². The molecule has 88 valence electrons. The summed E-state index contributed by atoms with van der Waals surface area (Å²) in [5.41, 5.74) is 0. The van der Waals surface area contributed by atoms with E-state index < -0.39 is 5.82 Å². The second-order valence-corrected chi connectivity index (χ2v) is 4.37. The zero-order chi connectivity index (χ0) is 11.5. The van der Waals surface area contributed by atoms with Crippen LogP contribution in [0.2, 0.25) is 5.28 Å². The number of anilines is 1. The molecule has 0 aromatic carbocycles. The third-order valence-electron chi connectivity index (χ3n) is 3.07. The highest BCUT2D eigenvalue weighted by atomic mass is 35.5. The molecule has 2 rings (SSSR count). The highest BCUT2D eigenvalue weighted by Gasteiger charge is 2.24. The summed E-state index contributed by atoms with van der Waals surface area (Å²) in [6.07, 6.45) is 5.77. The molecule has 0 amide bonds. The summed E-state index contributed by atoms with van der Waals surface area (Å²) in [5, 5.41) is 0.104. The van der Waals surface area contributed by atoms with E-state index in [1.165, 1.54) is 12.8 Å². The van der Waals surface area contributed by atoms with E-state index in [1.54, 1.807) is 0 Å². The number of halogens is 2. The topological polar surface area (TPSA) is 29.0 Å². The Morgan fingerprint density at radius 3 is 2.81 bits per heavy atom. The molecule has 1 aliphatic rings. The molecule has 5 heteroatoms. The normalized spacial score (nSPS) is 16.7. The highest BCUT2D eigenvalue weighted by Crippen LogP contribution is 2.28. The molecule has 0 aliphatic heterocycles. The smallest absolute Gasteiger partial charge is 0.224 e. The molecule has 0 bridgehead atoms. The second kappa shape index (κ2) is 4.95. The molecular weight excluding hydrogens is 229 g/mol. The largest absolute Gasteiger partial charge is 0.351 e. The molecular formula is C11H15ClFN3. The number of rotatable bonds is 3. The Bertz CT molecular complexity index is 366. The standard InChI is InChI=1S/C11H15ClFN3/c1-2-16(8-5-3-4-6-8)10-9(13)7-14-11(12)15-10/h7-8H,2-6H2,1H3. The lowest BCUT2D eigenvalue weighted by molar-refractivity contribution is 0.564. The van der Waals surface area contributed by atoms with Crippen LogP contribution in [0.15, 0.2) is 6.20 Å². The summed E-state index contributed by atoms with van der Waals surface area (Å²) in [5.74, 6) is -0.0486. The van der Waals surface area contributed by atoms with Crippen molar-refractivity contribution in [1.29, 1.82) is 0 Å². The van der Waals surface area contributed by atoms with Crippen LogP contribution < -0.4 is 4.90 Å². The molecule has 1 saturated carbocycles. The predicted molar refractivity (Wildman–Crippen MR) is 62.3 cm³/mol. The van der Waals surface area contributed by atoms with Crippen LogP contribution >= 0.6 is 11.6 Å². The van der Waals surface area contributed by atoms with Gasteiger partial charge in [-0.2, -0.15) is 4.98 Å². The van der Waals surface area contributed by atoms with Crippen molar-refractivity contribution in [2.75, 3.05) is 11.4 Å². The Balaban J connectivity index is 2.28. The monoisotopic (exact) mass is 243 g/mol. The molecule has 1 aliphatic carbocycles. The Kier molecular flexibility index (Phi) is 3.59. The minimum atomic E-state index is -0.391. The van der Waals surface area contributed by atoms with Gasteiger partial charge in [0, 0.05) is 12.6 Å². The average Bonchev–Trinajstić information content (AvgIpc) is 2.78. The van der Waals surface area contributed by atoms with Gasteiger partial charge in [0.05, 0.1) is 6.20 Å². The van der Waals surface area contributed by atoms with Crippen LogP contribution in [0.1, 0.15) is 32.6 Å². The maximum absolute atomic E-state index is 13.6. The number of hydrogen-bond donors (Lipinski definition) is 0. The van der Waals surface area contributed by atoms with E-state index in [0.29, 0.717) is 11.9 Å². The molecule has 0 N–H and O–H groups in total. The van der Waals surface area contributed by atoms with E-state index in [2.05, 4.69) is 9.97 Å². The van der Waals surface area contributed by atoms with Gasteiger partial charge in [0.2, 0.25) is 5.28 Å². The fourth-order valence-corrected chi connectivity index (χ4v) is 2.46. The molecule has 1 aromatic rings. The lowest BCUT2D eigenvalue weighted by Gasteiger charge is -2.28. The molecule has 1 fully saturated rings. The number of aromatic nitrogens is 2. The molecule has 0 unspecified atom stereocenters. The van der Waals surface area contributed by atoms with Crippen molar-refractivity contribution in [3.63, 3.8) is 0 Å². The fourth-order valence-electron chi connectivity index (χ4n) is 2.34. The number of hydrogen-bond acceptors (Lipinski definition) is 3. The lowest BCUT2D eigenvalue weighted by atomic mass is 10.2. The van der Waals surface area contributed by atoms with Crippen molar-refractivity contribution in [2.45, 2.75) is 38.6 Å². The lowest BCUT2D eigenvalue weighted by Crippen LogP contribution is -2.34. The zero-order valence-corrected chi connectivity index (χ0v) is 10.0. The van der Waals surface area contributed by atoms with Crippen molar-refractivity contribution in [1.82, 2.24) is 9.97 Å². The number of nitrogens with zero attached hydrogens (tertiary/aromatic N) is 3. The summed E-state index contributed by atoms with van der Waals surface area (Å²) < 4.78 is 13.6. The van der Waals surface area contributed by atoms with Gasteiger partial charge in [0.25, 0.3) is 0 Å². The molecule has 16 heavy (non-hydrogen) atoms. The quantitative estimate of drug-likeness (QED) is 0.764. The van der Waals surface area contributed by atoms with Crippen LogP contribution in [0.5, 0.6) is 0 Å². The van der Waals surface area contributed by atoms with Gasteiger partial charge in [0.15, 0.2) is 11.6 Å². The van der Waals surface area contributed by atoms with Crippen molar-refractivity contribution >= 4 is 17.4 Å². The van der Waals surface area contributed by atoms with Crippen molar-refractivity contribution in [3.8, 4) is 0 Å². The summed E-state index contributed by atoms with van der Waals surface area (Å²) in [6, 6.07) is 0.394. The van der Waals surface area contributed by atoms with Gasteiger partial charge in [0.1, 0.15) is 0 Å². The van der Waals surface area contributed by atoms with Crippen molar-refractivity contribution in [2.24, 2.45) is 0 Å². The van der Waals surface area contributed by atoms with Crippen LogP contribution in [-0.4, -0.2) is 22.6 Å². The maximum Gasteiger partial charge on any atom is 0.224 e. The summed E-state index contributed by atoms with van der Waals surface area (Å²) in [6.45, 7) is 2.75. The SMILES string of the molecule is CCN(c1nc(Cl)ncc1F)C1CCCC1. The molecule has 0 atom stereocenters. The average molecular weight is 244 g/mol. The molecule has 1 heterocycles. The van der Waals surface area contributed by atoms with Crippen LogP contribution in [0, 0.1) is 5.82 Å². The Morgan fingerprint density at radius 1 is 1.50 bits per heavy atom. The minimum absolute atomic E-state index is 0.104. The van der Waals surface area contributed by atoms with E-state index in [-0.39, 0.29) is 5.28 Å². The first-order valence-electron chi connectivity index (χ1n) is 5.67. The Morgan fingerprint density at radius 2 is 2.19 bits per heavy atom. The van der Waals surface area contributed by atoms with E-state index in [1.807, 2.05) is 11.8 Å². The van der Waals surface area contributed by atoms with Crippen molar-refractivity contribution < 1.29 is 4.39 Å².